The lowest BCUT2D eigenvalue weighted by Gasteiger charge is -2.13. The van der Waals surface area contributed by atoms with Crippen molar-refractivity contribution in [2.24, 2.45) is 5.73 Å². The molecule has 1 fully saturated rings. The maximum Gasteiger partial charge on any atom is 0.0362 e. The summed E-state index contributed by atoms with van der Waals surface area (Å²) in [6.07, 6.45) is 3.51. The number of likely N-dealkylation sites (tertiary alicyclic amines) is 1. The van der Waals surface area contributed by atoms with Gasteiger partial charge < -0.3 is 10.6 Å². The fourth-order valence-corrected chi connectivity index (χ4v) is 2.96. The summed E-state index contributed by atoms with van der Waals surface area (Å²) in [5.41, 5.74) is 5.61. The first kappa shape index (κ1) is 12.1. The summed E-state index contributed by atoms with van der Waals surface area (Å²) in [7, 11) is -0.658. The van der Waals surface area contributed by atoms with E-state index in [2.05, 4.69) is 4.90 Å². The van der Waals surface area contributed by atoms with Gasteiger partial charge in [0.25, 0.3) is 0 Å². The quantitative estimate of drug-likeness (QED) is 0.709. The second-order valence-corrected chi connectivity index (χ2v) is 5.86. The van der Waals surface area contributed by atoms with Gasteiger partial charge in [0, 0.05) is 34.9 Å². The van der Waals surface area contributed by atoms with Crippen molar-refractivity contribution in [3.05, 3.63) is 0 Å². The third-order valence-corrected chi connectivity index (χ3v) is 3.96. The van der Waals surface area contributed by atoms with E-state index in [0.29, 0.717) is 0 Å². The number of nitrogens with two attached hydrogens (primary N) is 1. The smallest absolute Gasteiger partial charge is 0.0362 e. The van der Waals surface area contributed by atoms with Gasteiger partial charge in [-0.1, -0.05) is 0 Å². The van der Waals surface area contributed by atoms with E-state index in [9.17, 15) is 4.21 Å². The second kappa shape index (κ2) is 6.53. The first-order valence-electron chi connectivity index (χ1n) is 5.51. The fourth-order valence-electron chi connectivity index (χ4n) is 1.66. The van der Waals surface area contributed by atoms with E-state index in [4.69, 9.17) is 5.73 Å². The highest BCUT2D eigenvalue weighted by Gasteiger charge is 2.12. The van der Waals surface area contributed by atoms with Gasteiger partial charge in [0.15, 0.2) is 0 Å². The summed E-state index contributed by atoms with van der Waals surface area (Å²) >= 11 is 0. The average molecular weight is 218 g/mol. The lowest BCUT2D eigenvalue weighted by molar-refractivity contribution is 0.360. The van der Waals surface area contributed by atoms with E-state index in [-0.39, 0.29) is 6.04 Å². The monoisotopic (exact) mass is 218 g/mol. The van der Waals surface area contributed by atoms with Crippen LogP contribution in [0.5, 0.6) is 0 Å². The minimum Gasteiger partial charge on any atom is -0.328 e. The molecular formula is C10H22N2OS. The molecule has 2 atom stereocenters. The third-order valence-electron chi connectivity index (χ3n) is 2.63. The van der Waals surface area contributed by atoms with Crippen LogP contribution in [0.3, 0.4) is 0 Å². The highest BCUT2D eigenvalue weighted by atomic mass is 32.2. The molecule has 1 heterocycles. The fraction of sp³-hybridized carbons (Fsp3) is 1.00. The molecule has 0 radical (unpaired) electrons. The Morgan fingerprint density at radius 3 is 2.57 bits per heavy atom. The van der Waals surface area contributed by atoms with Crippen LogP contribution in [0.4, 0.5) is 0 Å². The Morgan fingerprint density at radius 1 is 1.36 bits per heavy atom. The number of rotatable bonds is 6. The normalized spacial score (nSPS) is 22.4. The molecule has 4 heteroatoms. The van der Waals surface area contributed by atoms with Crippen LogP contribution in [0.15, 0.2) is 0 Å². The van der Waals surface area contributed by atoms with Crippen LogP contribution < -0.4 is 5.73 Å². The van der Waals surface area contributed by atoms with Crippen molar-refractivity contribution in [3.63, 3.8) is 0 Å². The molecule has 1 aliphatic rings. The zero-order chi connectivity index (χ0) is 10.4. The molecule has 84 valence electrons. The molecule has 0 spiro atoms. The number of hydrogen-bond donors (Lipinski definition) is 1. The Kier molecular flexibility index (Phi) is 5.67. The van der Waals surface area contributed by atoms with Crippen LogP contribution >= 0.6 is 0 Å². The third kappa shape index (κ3) is 5.08. The molecule has 1 aliphatic heterocycles. The van der Waals surface area contributed by atoms with Crippen molar-refractivity contribution < 1.29 is 4.21 Å². The molecular weight excluding hydrogens is 196 g/mol. The Hall–Kier alpha value is 0.0700. The Balaban J connectivity index is 2.02. The van der Waals surface area contributed by atoms with Crippen LogP contribution in [-0.2, 0) is 10.8 Å². The first-order chi connectivity index (χ1) is 6.68. The van der Waals surface area contributed by atoms with Crippen LogP contribution in [0, 0.1) is 0 Å². The van der Waals surface area contributed by atoms with Crippen LogP contribution in [-0.4, -0.2) is 46.3 Å². The van der Waals surface area contributed by atoms with Crippen molar-refractivity contribution in [2.45, 2.75) is 32.2 Å². The second-order valence-electron chi connectivity index (χ2n) is 4.16. The van der Waals surface area contributed by atoms with Gasteiger partial charge in [0.2, 0.25) is 0 Å². The molecule has 0 aromatic rings. The van der Waals surface area contributed by atoms with Crippen molar-refractivity contribution in [1.29, 1.82) is 0 Å². The topological polar surface area (TPSA) is 46.3 Å². The van der Waals surface area contributed by atoms with Gasteiger partial charge in [0.05, 0.1) is 0 Å². The highest BCUT2D eigenvalue weighted by molar-refractivity contribution is 7.84. The van der Waals surface area contributed by atoms with Crippen molar-refractivity contribution in [1.82, 2.24) is 4.90 Å². The largest absolute Gasteiger partial charge is 0.328 e. The van der Waals surface area contributed by atoms with Gasteiger partial charge >= 0.3 is 0 Å². The Morgan fingerprint density at radius 2 is 2.00 bits per heavy atom. The maximum atomic E-state index is 11.5. The summed E-state index contributed by atoms with van der Waals surface area (Å²) < 4.78 is 11.5. The molecule has 2 unspecified atom stereocenters. The molecule has 0 aliphatic carbocycles. The SMILES string of the molecule is CC(N)CCS(=O)CCN1CCCC1. The van der Waals surface area contributed by atoms with Crippen LogP contribution in [0.1, 0.15) is 26.2 Å². The summed E-state index contributed by atoms with van der Waals surface area (Å²) in [6, 6.07) is 0.186. The van der Waals surface area contributed by atoms with Gasteiger partial charge in [-0.15, -0.1) is 0 Å². The molecule has 0 amide bonds. The van der Waals surface area contributed by atoms with Crippen molar-refractivity contribution in [3.8, 4) is 0 Å². The molecule has 0 aromatic heterocycles. The number of nitrogens with zero attached hydrogens (tertiary/aromatic N) is 1. The van der Waals surface area contributed by atoms with E-state index in [1.54, 1.807) is 0 Å². The maximum absolute atomic E-state index is 11.5. The van der Waals surface area contributed by atoms with Gasteiger partial charge in [-0.2, -0.15) is 0 Å². The van der Waals surface area contributed by atoms with Crippen LogP contribution in [0.2, 0.25) is 0 Å². The molecule has 1 rings (SSSR count). The molecule has 0 aromatic carbocycles. The summed E-state index contributed by atoms with van der Waals surface area (Å²) in [4.78, 5) is 2.41. The van der Waals surface area contributed by atoms with E-state index >= 15 is 0 Å². The van der Waals surface area contributed by atoms with Gasteiger partial charge in [-0.3, -0.25) is 4.21 Å². The van der Waals surface area contributed by atoms with Crippen molar-refractivity contribution in [2.75, 3.05) is 31.1 Å². The molecule has 2 N–H and O–H groups in total. The average Bonchev–Trinajstić information content (AvgIpc) is 2.63. The van der Waals surface area contributed by atoms with Crippen LogP contribution in [0.25, 0.3) is 0 Å². The van der Waals surface area contributed by atoms with Gasteiger partial charge in [0.1, 0.15) is 0 Å². The predicted octanol–water partition coefficient (Wildman–Crippen LogP) is 0.568. The standard InChI is InChI=1S/C10H22N2OS/c1-10(11)4-8-14(13)9-7-12-5-2-3-6-12/h10H,2-9,11H2,1H3. The zero-order valence-electron chi connectivity index (χ0n) is 9.08. The summed E-state index contributed by atoms with van der Waals surface area (Å²) in [6.45, 7) is 5.37. The predicted molar refractivity (Wildman–Crippen MR) is 61.8 cm³/mol. The lowest BCUT2D eigenvalue weighted by atomic mass is 10.3. The molecule has 14 heavy (non-hydrogen) atoms. The van der Waals surface area contributed by atoms with E-state index in [0.717, 1.165) is 24.5 Å². The highest BCUT2D eigenvalue weighted by Crippen LogP contribution is 2.06. The Labute approximate surface area is 89.5 Å². The van der Waals surface area contributed by atoms with Gasteiger partial charge in [-0.25, -0.2) is 0 Å². The minimum atomic E-state index is -0.658. The van der Waals surface area contributed by atoms with E-state index in [1.807, 2.05) is 6.92 Å². The zero-order valence-corrected chi connectivity index (χ0v) is 9.89. The minimum absolute atomic E-state index is 0.186. The van der Waals surface area contributed by atoms with Gasteiger partial charge in [-0.05, 0) is 39.3 Å². The molecule has 3 nitrogen and oxygen atoms in total. The van der Waals surface area contributed by atoms with Crippen molar-refractivity contribution >= 4 is 10.8 Å². The Bertz CT molecular complexity index is 179. The number of hydrogen-bond acceptors (Lipinski definition) is 3. The molecule has 0 bridgehead atoms. The summed E-state index contributed by atoms with van der Waals surface area (Å²) in [5, 5.41) is 0. The summed E-state index contributed by atoms with van der Waals surface area (Å²) in [5.74, 6) is 1.60. The molecule has 0 saturated carbocycles. The lowest BCUT2D eigenvalue weighted by Crippen LogP contribution is -2.26. The molecule has 1 saturated heterocycles. The first-order valence-corrected chi connectivity index (χ1v) is 7.00. The van der Waals surface area contributed by atoms with E-state index in [1.165, 1.54) is 25.9 Å². The van der Waals surface area contributed by atoms with E-state index < -0.39 is 10.8 Å².